The zero-order valence-electron chi connectivity index (χ0n) is 17.0. The van der Waals surface area contributed by atoms with E-state index in [4.69, 9.17) is 0 Å². The highest BCUT2D eigenvalue weighted by molar-refractivity contribution is 7.98. The van der Waals surface area contributed by atoms with Gasteiger partial charge in [0.05, 0.1) is 5.92 Å². The minimum atomic E-state index is -0.356. The molecule has 154 valence electrons. The average molecular weight is 421 g/mol. The predicted molar refractivity (Wildman–Crippen MR) is 120 cm³/mol. The second-order valence-corrected chi connectivity index (χ2v) is 8.27. The number of carbonyl (C=O) groups is 2. The van der Waals surface area contributed by atoms with E-state index in [1.165, 1.54) is 0 Å². The standard InChI is InChI=1S/C23H24N4O2S/c1-16-24-11-12-26(16)14-17-3-5-19(6-4-17)25-23(29)18-13-22(28)27(15-18)20-7-9-21(30-2)10-8-20/h3-12,18H,13-15H2,1-2H3,(H,25,29). The zero-order valence-corrected chi connectivity index (χ0v) is 17.9. The maximum absolute atomic E-state index is 12.7. The monoisotopic (exact) mass is 420 g/mol. The second-order valence-electron chi connectivity index (χ2n) is 7.39. The molecule has 4 rings (SSSR count). The van der Waals surface area contributed by atoms with Crippen molar-refractivity contribution in [3.8, 4) is 0 Å². The lowest BCUT2D eigenvalue weighted by molar-refractivity contribution is -0.122. The smallest absolute Gasteiger partial charge is 0.229 e. The average Bonchev–Trinajstić information content (AvgIpc) is 3.35. The summed E-state index contributed by atoms with van der Waals surface area (Å²) in [5, 5.41) is 2.95. The molecule has 7 heteroatoms. The summed E-state index contributed by atoms with van der Waals surface area (Å²) in [5.74, 6) is 0.472. The summed E-state index contributed by atoms with van der Waals surface area (Å²) < 4.78 is 2.07. The van der Waals surface area contributed by atoms with Crippen LogP contribution >= 0.6 is 11.8 Å². The van der Waals surface area contributed by atoms with E-state index in [0.717, 1.165) is 34.2 Å². The normalized spacial score (nSPS) is 16.1. The Morgan fingerprint density at radius 1 is 1.17 bits per heavy atom. The van der Waals surface area contributed by atoms with Crippen molar-refractivity contribution < 1.29 is 9.59 Å². The van der Waals surface area contributed by atoms with Crippen molar-refractivity contribution in [2.45, 2.75) is 24.8 Å². The van der Waals surface area contributed by atoms with Crippen molar-refractivity contribution in [1.82, 2.24) is 9.55 Å². The molecule has 6 nitrogen and oxygen atoms in total. The molecular formula is C23H24N4O2S. The van der Waals surface area contributed by atoms with Gasteiger partial charge in [-0.1, -0.05) is 12.1 Å². The molecule has 1 unspecified atom stereocenters. The minimum Gasteiger partial charge on any atom is -0.331 e. The van der Waals surface area contributed by atoms with E-state index >= 15 is 0 Å². The van der Waals surface area contributed by atoms with Gasteiger partial charge in [0.25, 0.3) is 0 Å². The summed E-state index contributed by atoms with van der Waals surface area (Å²) in [4.78, 5) is 32.2. The first-order valence-electron chi connectivity index (χ1n) is 9.85. The number of thioether (sulfide) groups is 1. The SMILES string of the molecule is CSc1ccc(N2CC(C(=O)Nc3ccc(Cn4ccnc4C)cc3)CC2=O)cc1. The van der Waals surface area contributed by atoms with E-state index < -0.39 is 0 Å². The summed E-state index contributed by atoms with van der Waals surface area (Å²) in [6, 6.07) is 15.6. The number of amides is 2. The van der Waals surface area contributed by atoms with Gasteiger partial charge in [0, 0.05) is 48.2 Å². The lowest BCUT2D eigenvalue weighted by atomic mass is 10.1. The van der Waals surface area contributed by atoms with Crippen LogP contribution in [0.15, 0.2) is 65.8 Å². The minimum absolute atomic E-state index is 0.0156. The molecule has 30 heavy (non-hydrogen) atoms. The molecule has 1 aliphatic rings. The first-order chi connectivity index (χ1) is 14.5. The van der Waals surface area contributed by atoms with Crippen molar-refractivity contribution in [2.75, 3.05) is 23.0 Å². The molecule has 0 radical (unpaired) electrons. The number of nitrogens with zero attached hydrogens (tertiary/aromatic N) is 3. The molecule has 3 aromatic rings. The lowest BCUT2D eigenvalue weighted by Crippen LogP contribution is -2.28. The number of hydrogen-bond acceptors (Lipinski definition) is 4. The quantitative estimate of drug-likeness (QED) is 0.613. The van der Waals surface area contributed by atoms with Crippen LogP contribution in [-0.2, 0) is 16.1 Å². The molecule has 0 bridgehead atoms. The molecule has 1 aliphatic heterocycles. The van der Waals surface area contributed by atoms with Gasteiger partial charge in [-0.15, -0.1) is 11.8 Å². The molecule has 1 aromatic heterocycles. The number of hydrogen-bond donors (Lipinski definition) is 1. The van der Waals surface area contributed by atoms with Crippen molar-refractivity contribution in [3.63, 3.8) is 0 Å². The third-order valence-corrected chi connectivity index (χ3v) is 6.12. The van der Waals surface area contributed by atoms with Crippen LogP contribution in [0.5, 0.6) is 0 Å². The number of aryl methyl sites for hydroxylation is 1. The molecule has 1 atom stereocenters. The van der Waals surface area contributed by atoms with Gasteiger partial charge in [-0.3, -0.25) is 9.59 Å². The van der Waals surface area contributed by atoms with Crippen LogP contribution in [0.2, 0.25) is 0 Å². The zero-order chi connectivity index (χ0) is 21.1. The number of aromatic nitrogens is 2. The van der Waals surface area contributed by atoms with Gasteiger partial charge < -0.3 is 14.8 Å². The highest BCUT2D eigenvalue weighted by Crippen LogP contribution is 2.28. The number of imidazole rings is 1. The Morgan fingerprint density at radius 3 is 2.53 bits per heavy atom. The second kappa shape index (κ2) is 8.75. The van der Waals surface area contributed by atoms with Crippen LogP contribution < -0.4 is 10.2 Å². The summed E-state index contributed by atoms with van der Waals surface area (Å²) in [5.41, 5.74) is 2.71. The third kappa shape index (κ3) is 4.41. The number of benzene rings is 2. The van der Waals surface area contributed by atoms with Crippen LogP contribution in [0, 0.1) is 12.8 Å². The third-order valence-electron chi connectivity index (χ3n) is 5.38. The molecule has 1 fully saturated rings. The molecular weight excluding hydrogens is 396 g/mol. The number of rotatable bonds is 6. The van der Waals surface area contributed by atoms with Crippen molar-refractivity contribution >= 4 is 35.0 Å². The predicted octanol–water partition coefficient (Wildman–Crippen LogP) is 3.95. The van der Waals surface area contributed by atoms with Crippen molar-refractivity contribution in [3.05, 3.63) is 72.3 Å². The van der Waals surface area contributed by atoms with E-state index in [-0.39, 0.29) is 24.2 Å². The van der Waals surface area contributed by atoms with Crippen molar-refractivity contribution in [1.29, 1.82) is 0 Å². The molecule has 0 spiro atoms. The molecule has 0 aliphatic carbocycles. The molecule has 2 aromatic carbocycles. The lowest BCUT2D eigenvalue weighted by Gasteiger charge is -2.17. The summed E-state index contributed by atoms with van der Waals surface area (Å²) in [6.07, 6.45) is 5.98. The van der Waals surface area contributed by atoms with Gasteiger partial charge in [-0.05, 0) is 55.1 Å². The highest BCUT2D eigenvalue weighted by atomic mass is 32.2. The highest BCUT2D eigenvalue weighted by Gasteiger charge is 2.35. The van der Waals surface area contributed by atoms with Gasteiger partial charge in [0.2, 0.25) is 11.8 Å². The first-order valence-corrected chi connectivity index (χ1v) is 11.1. The number of carbonyl (C=O) groups excluding carboxylic acids is 2. The van der Waals surface area contributed by atoms with E-state index in [2.05, 4.69) is 14.9 Å². The molecule has 2 amide bonds. The fourth-order valence-electron chi connectivity index (χ4n) is 3.60. The topological polar surface area (TPSA) is 67.2 Å². The van der Waals surface area contributed by atoms with Gasteiger partial charge in [-0.25, -0.2) is 4.98 Å². The summed E-state index contributed by atoms with van der Waals surface area (Å²) in [7, 11) is 0. The Morgan fingerprint density at radius 2 is 1.90 bits per heavy atom. The fraction of sp³-hybridized carbons (Fsp3) is 0.261. The molecule has 1 N–H and O–H groups in total. The van der Waals surface area contributed by atoms with Gasteiger partial charge >= 0.3 is 0 Å². The summed E-state index contributed by atoms with van der Waals surface area (Å²) >= 11 is 1.66. The Labute approximate surface area is 180 Å². The first kappa shape index (κ1) is 20.2. The number of anilines is 2. The molecule has 0 saturated carbocycles. The van der Waals surface area contributed by atoms with E-state index in [1.807, 2.05) is 67.9 Å². The van der Waals surface area contributed by atoms with Crippen LogP contribution in [-0.4, -0.2) is 34.2 Å². The molecule has 2 heterocycles. The Bertz CT molecular complexity index is 1040. The van der Waals surface area contributed by atoms with Crippen LogP contribution in [0.25, 0.3) is 0 Å². The number of nitrogens with one attached hydrogen (secondary N) is 1. The van der Waals surface area contributed by atoms with Crippen LogP contribution in [0.1, 0.15) is 17.8 Å². The van der Waals surface area contributed by atoms with Gasteiger partial charge in [0.1, 0.15) is 5.82 Å². The van der Waals surface area contributed by atoms with Crippen molar-refractivity contribution in [2.24, 2.45) is 5.92 Å². The largest absolute Gasteiger partial charge is 0.331 e. The van der Waals surface area contributed by atoms with Gasteiger partial charge in [0.15, 0.2) is 0 Å². The molecule has 1 saturated heterocycles. The maximum Gasteiger partial charge on any atom is 0.229 e. The Hall–Kier alpha value is -3.06. The van der Waals surface area contributed by atoms with E-state index in [1.54, 1.807) is 22.9 Å². The maximum atomic E-state index is 12.7. The van der Waals surface area contributed by atoms with E-state index in [9.17, 15) is 9.59 Å². The summed E-state index contributed by atoms with van der Waals surface area (Å²) in [6.45, 7) is 3.11. The van der Waals surface area contributed by atoms with Crippen LogP contribution in [0.4, 0.5) is 11.4 Å². The Balaban J connectivity index is 1.36. The van der Waals surface area contributed by atoms with Crippen LogP contribution in [0.3, 0.4) is 0 Å². The Kier molecular flexibility index (Phi) is 5.90. The van der Waals surface area contributed by atoms with Gasteiger partial charge in [-0.2, -0.15) is 0 Å². The fourth-order valence-corrected chi connectivity index (χ4v) is 4.01. The van der Waals surface area contributed by atoms with E-state index in [0.29, 0.717) is 6.54 Å².